The molecule has 2 N–H and O–H groups in total. The number of nitrogens with zero attached hydrogens (tertiary/aromatic N) is 1. The Kier molecular flexibility index (Phi) is 9.05. The number of carboxylic acid groups (broad SMARTS) is 1. The van der Waals surface area contributed by atoms with Gasteiger partial charge >= 0.3 is 5.97 Å². The summed E-state index contributed by atoms with van der Waals surface area (Å²) in [5.74, 6) is 0.694. The summed E-state index contributed by atoms with van der Waals surface area (Å²) in [6.45, 7) is 2.43. The number of carbonyl (C=O) groups is 2. The fourth-order valence-electron chi connectivity index (χ4n) is 3.89. The largest absolute Gasteiger partial charge is 0.493 e. The van der Waals surface area contributed by atoms with E-state index in [1.807, 2.05) is 49.4 Å². The third kappa shape index (κ3) is 7.15. The minimum absolute atomic E-state index is 0.0247. The van der Waals surface area contributed by atoms with Gasteiger partial charge in [0.15, 0.2) is 0 Å². The third-order valence-corrected chi connectivity index (χ3v) is 6.67. The van der Waals surface area contributed by atoms with Crippen LogP contribution in [0, 0.1) is 6.92 Å². The van der Waals surface area contributed by atoms with E-state index in [1.165, 1.54) is 6.07 Å². The molecule has 0 aliphatic carbocycles. The van der Waals surface area contributed by atoms with Crippen molar-refractivity contribution in [1.29, 1.82) is 0 Å². The Balaban J connectivity index is 1.42. The average Bonchev–Trinajstić information content (AvgIpc) is 3.28. The molecular weight excluding hydrogens is 527 g/mol. The van der Waals surface area contributed by atoms with Gasteiger partial charge in [0.2, 0.25) is 5.89 Å². The number of amides is 1. The van der Waals surface area contributed by atoms with Crippen LogP contribution < -0.4 is 10.1 Å². The molecule has 0 aliphatic rings. The second-order valence-corrected chi connectivity index (χ2v) is 9.44. The quantitative estimate of drug-likeness (QED) is 0.219. The number of aromatic nitrogens is 1. The smallest absolute Gasteiger partial charge is 0.303 e. The first-order valence-electron chi connectivity index (χ1n) is 12.0. The van der Waals surface area contributed by atoms with E-state index in [4.69, 9.17) is 37.5 Å². The van der Waals surface area contributed by atoms with E-state index in [1.54, 1.807) is 18.2 Å². The highest BCUT2D eigenvalue weighted by Crippen LogP contribution is 2.24. The summed E-state index contributed by atoms with van der Waals surface area (Å²) in [5, 5.41) is 12.6. The third-order valence-electron chi connectivity index (χ3n) is 5.93. The van der Waals surface area contributed by atoms with E-state index in [9.17, 15) is 9.59 Å². The lowest BCUT2D eigenvalue weighted by atomic mass is 10.0. The highest BCUT2D eigenvalue weighted by Gasteiger charge is 2.14. The molecular formula is C29H26Cl2N2O5. The average molecular weight is 553 g/mol. The van der Waals surface area contributed by atoms with Crippen LogP contribution in [0.5, 0.6) is 5.75 Å². The number of benzene rings is 3. The molecule has 38 heavy (non-hydrogen) atoms. The van der Waals surface area contributed by atoms with Gasteiger partial charge in [-0.15, -0.1) is 0 Å². The van der Waals surface area contributed by atoms with Gasteiger partial charge in [0.25, 0.3) is 5.91 Å². The molecule has 7 nitrogen and oxygen atoms in total. The predicted molar refractivity (Wildman–Crippen MR) is 146 cm³/mol. The molecule has 0 radical (unpaired) electrons. The van der Waals surface area contributed by atoms with Crippen molar-refractivity contribution in [2.45, 2.75) is 32.7 Å². The molecule has 1 amide bonds. The first-order chi connectivity index (χ1) is 18.3. The Morgan fingerprint density at radius 1 is 0.974 bits per heavy atom. The summed E-state index contributed by atoms with van der Waals surface area (Å²) < 4.78 is 11.8. The Bertz CT molecular complexity index is 1440. The zero-order valence-corrected chi connectivity index (χ0v) is 22.2. The van der Waals surface area contributed by atoms with Gasteiger partial charge in [-0.25, -0.2) is 4.98 Å². The van der Waals surface area contributed by atoms with E-state index < -0.39 is 5.97 Å². The first kappa shape index (κ1) is 27.2. The van der Waals surface area contributed by atoms with Crippen molar-refractivity contribution < 1.29 is 23.8 Å². The van der Waals surface area contributed by atoms with Crippen molar-refractivity contribution in [2.24, 2.45) is 0 Å². The van der Waals surface area contributed by atoms with Crippen molar-refractivity contribution in [3.8, 4) is 17.2 Å². The Morgan fingerprint density at radius 3 is 2.50 bits per heavy atom. The fraction of sp³-hybridized carbons (Fsp3) is 0.207. The number of nitrogens with one attached hydrogen (secondary N) is 1. The summed E-state index contributed by atoms with van der Waals surface area (Å²) >= 11 is 12.0. The molecule has 0 bridgehead atoms. The molecule has 9 heteroatoms. The van der Waals surface area contributed by atoms with Gasteiger partial charge in [-0.2, -0.15) is 0 Å². The van der Waals surface area contributed by atoms with Gasteiger partial charge in [0.1, 0.15) is 11.5 Å². The number of carboxylic acids is 1. The number of carbonyl (C=O) groups excluding carboxylic acids is 1. The van der Waals surface area contributed by atoms with E-state index in [0.29, 0.717) is 41.7 Å². The van der Waals surface area contributed by atoms with Crippen LogP contribution >= 0.6 is 23.2 Å². The second-order valence-electron chi connectivity index (χ2n) is 8.62. The van der Waals surface area contributed by atoms with E-state index in [2.05, 4.69) is 10.3 Å². The minimum Gasteiger partial charge on any atom is -0.493 e. The van der Waals surface area contributed by atoms with Crippen LogP contribution in [0.4, 0.5) is 0 Å². The Hall–Kier alpha value is -3.81. The predicted octanol–water partition coefficient (Wildman–Crippen LogP) is 6.53. The van der Waals surface area contributed by atoms with Crippen molar-refractivity contribution in [3.05, 3.63) is 105 Å². The Labute approximate surface area is 230 Å². The van der Waals surface area contributed by atoms with E-state index in [-0.39, 0.29) is 23.9 Å². The van der Waals surface area contributed by atoms with Crippen LogP contribution in [-0.2, 0) is 24.2 Å². The Morgan fingerprint density at radius 2 is 1.76 bits per heavy atom. The lowest BCUT2D eigenvalue weighted by molar-refractivity contribution is -0.136. The van der Waals surface area contributed by atoms with Crippen LogP contribution in [0.2, 0.25) is 10.0 Å². The van der Waals surface area contributed by atoms with Gasteiger partial charge in [-0.3, -0.25) is 9.59 Å². The van der Waals surface area contributed by atoms with Crippen LogP contribution in [0.3, 0.4) is 0 Å². The standard InChI is InChI=1S/C29H26Cl2N2O5/c1-18-26(33-29(38-18)20-5-3-2-4-6-20)13-14-37-23-10-7-19(9-12-27(34)35)22(15-23)17-32-28(36)21-8-11-24(30)25(31)16-21/h2-8,10-11,15-16H,9,12-14,17H2,1H3,(H,32,36)(H,34,35). The van der Waals surface area contributed by atoms with Gasteiger partial charge in [0, 0.05) is 30.5 Å². The molecule has 0 saturated heterocycles. The summed E-state index contributed by atoms with van der Waals surface area (Å²) in [6.07, 6.45) is 0.851. The van der Waals surface area contributed by atoms with Gasteiger partial charge in [-0.05, 0) is 66.9 Å². The highest BCUT2D eigenvalue weighted by molar-refractivity contribution is 6.42. The van der Waals surface area contributed by atoms with Crippen LogP contribution in [-0.4, -0.2) is 28.6 Å². The molecule has 4 rings (SSSR count). The molecule has 0 unspecified atom stereocenters. The molecule has 0 atom stereocenters. The fourth-order valence-corrected chi connectivity index (χ4v) is 4.18. The lowest BCUT2D eigenvalue weighted by Gasteiger charge is -2.14. The maximum absolute atomic E-state index is 12.7. The second kappa shape index (κ2) is 12.6. The molecule has 4 aromatic rings. The summed E-state index contributed by atoms with van der Waals surface area (Å²) in [6, 6.07) is 19.8. The summed E-state index contributed by atoms with van der Waals surface area (Å²) in [5.41, 5.74) is 3.68. The van der Waals surface area contributed by atoms with Crippen LogP contribution in [0.25, 0.3) is 11.5 Å². The number of aryl methyl sites for hydroxylation is 2. The van der Waals surface area contributed by atoms with Crippen LogP contribution in [0.1, 0.15) is 39.4 Å². The minimum atomic E-state index is -0.894. The van der Waals surface area contributed by atoms with E-state index in [0.717, 1.165) is 28.1 Å². The highest BCUT2D eigenvalue weighted by atomic mass is 35.5. The maximum Gasteiger partial charge on any atom is 0.303 e. The number of aliphatic carboxylic acids is 1. The number of hydrogen-bond acceptors (Lipinski definition) is 5. The molecule has 0 aliphatic heterocycles. The molecule has 196 valence electrons. The molecule has 3 aromatic carbocycles. The molecule has 0 spiro atoms. The zero-order valence-electron chi connectivity index (χ0n) is 20.7. The molecule has 1 heterocycles. The number of oxazole rings is 1. The van der Waals surface area contributed by atoms with Crippen LogP contribution in [0.15, 0.2) is 71.1 Å². The summed E-state index contributed by atoms with van der Waals surface area (Å²) in [4.78, 5) is 28.4. The van der Waals surface area contributed by atoms with E-state index >= 15 is 0 Å². The number of rotatable bonds is 11. The maximum atomic E-state index is 12.7. The van der Waals surface area contributed by atoms with Gasteiger partial charge in [-0.1, -0.05) is 47.5 Å². The normalized spacial score (nSPS) is 10.8. The van der Waals surface area contributed by atoms with Gasteiger partial charge in [0.05, 0.1) is 22.3 Å². The van der Waals surface area contributed by atoms with Gasteiger partial charge < -0.3 is 19.6 Å². The number of halogens is 2. The molecule has 1 aromatic heterocycles. The SMILES string of the molecule is Cc1oc(-c2ccccc2)nc1CCOc1ccc(CCC(=O)O)c(CNC(=O)c2ccc(Cl)c(Cl)c2)c1. The van der Waals surface area contributed by atoms with Crippen molar-refractivity contribution in [3.63, 3.8) is 0 Å². The van der Waals surface area contributed by atoms with Crippen molar-refractivity contribution in [2.75, 3.05) is 6.61 Å². The number of hydrogen-bond donors (Lipinski definition) is 2. The molecule has 0 saturated carbocycles. The topological polar surface area (TPSA) is 102 Å². The first-order valence-corrected chi connectivity index (χ1v) is 12.8. The lowest BCUT2D eigenvalue weighted by Crippen LogP contribution is -2.23. The zero-order chi connectivity index (χ0) is 27.1. The van der Waals surface area contributed by atoms with Crippen molar-refractivity contribution in [1.82, 2.24) is 10.3 Å². The van der Waals surface area contributed by atoms with Crippen molar-refractivity contribution >= 4 is 35.1 Å². The summed E-state index contributed by atoms with van der Waals surface area (Å²) in [7, 11) is 0. The number of ether oxygens (including phenoxy) is 1. The molecule has 0 fully saturated rings. The monoisotopic (exact) mass is 552 g/mol.